The molecule has 1 aromatic heterocycles. The molecule has 3 heterocycles. The van der Waals surface area contributed by atoms with Gasteiger partial charge in [-0.05, 0) is 6.42 Å². The van der Waals surface area contributed by atoms with Gasteiger partial charge >= 0.3 is 0 Å². The second kappa shape index (κ2) is 5.49. The van der Waals surface area contributed by atoms with Crippen LogP contribution < -0.4 is 21.7 Å². The molecular formula is C12H18N6O2S. The molecule has 0 aromatic carbocycles. The van der Waals surface area contributed by atoms with Crippen molar-refractivity contribution in [3.63, 3.8) is 0 Å². The van der Waals surface area contributed by atoms with E-state index in [4.69, 9.17) is 11.5 Å². The Kier molecular flexibility index (Phi) is 3.68. The van der Waals surface area contributed by atoms with E-state index in [9.17, 15) is 9.59 Å². The van der Waals surface area contributed by atoms with Crippen LogP contribution in [-0.2, 0) is 4.79 Å². The fraction of sp³-hybridized carbons (Fsp3) is 0.583. The van der Waals surface area contributed by atoms with Gasteiger partial charge in [0.1, 0.15) is 10.7 Å². The monoisotopic (exact) mass is 310 g/mol. The summed E-state index contributed by atoms with van der Waals surface area (Å²) in [5.41, 5.74) is 11.8. The number of hydrogen-bond acceptors (Lipinski definition) is 7. The van der Waals surface area contributed by atoms with Crippen LogP contribution in [0.25, 0.3) is 0 Å². The SMILES string of the molecule is Nc1nc(N2CCC(N)C2)sc1C(=O)N1CCNC(=O)C1. The van der Waals surface area contributed by atoms with Crippen molar-refractivity contribution in [3.05, 3.63) is 4.88 Å². The maximum Gasteiger partial charge on any atom is 0.268 e. The van der Waals surface area contributed by atoms with Crippen molar-refractivity contribution in [1.29, 1.82) is 0 Å². The molecule has 0 spiro atoms. The van der Waals surface area contributed by atoms with E-state index in [-0.39, 0.29) is 30.2 Å². The Bertz CT molecular complexity index is 574. The summed E-state index contributed by atoms with van der Waals surface area (Å²) in [6.45, 7) is 2.59. The van der Waals surface area contributed by atoms with Crippen LogP contribution in [0.2, 0.25) is 0 Å². The van der Waals surface area contributed by atoms with Gasteiger partial charge in [-0.25, -0.2) is 4.98 Å². The largest absolute Gasteiger partial charge is 0.382 e. The summed E-state index contributed by atoms with van der Waals surface area (Å²) < 4.78 is 0. The first-order chi connectivity index (χ1) is 10.0. The highest BCUT2D eigenvalue weighted by Gasteiger charge is 2.28. The van der Waals surface area contributed by atoms with Crippen molar-refractivity contribution in [1.82, 2.24) is 15.2 Å². The van der Waals surface area contributed by atoms with Gasteiger partial charge in [-0.15, -0.1) is 0 Å². The number of nitrogens with two attached hydrogens (primary N) is 2. The lowest BCUT2D eigenvalue weighted by atomic mass is 10.3. The average molecular weight is 310 g/mol. The first-order valence-corrected chi connectivity index (χ1v) is 7.69. The van der Waals surface area contributed by atoms with Crippen LogP contribution in [0.3, 0.4) is 0 Å². The minimum absolute atomic E-state index is 0.0695. The lowest BCUT2D eigenvalue weighted by molar-refractivity contribution is -0.123. The van der Waals surface area contributed by atoms with Crippen molar-refractivity contribution in [3.8, 4) is 0 Å². The summed E-state index contributed by atoms with van der Waals surface area (Å²) in [6.07, 6.45) is 0.912. The molecule has 21 heavy (non-hydrogen) atoms. The van der Waals surface area contributed by atoms with Crippen molar-refractivity contribution in [2.75, 3.05) is 43.4 Å². The number of nitrogens with one attached hydrogen (secondary N) is 1. The Morgan fingerprint density at radius 3 is 2.90 bits per heavy atom. The summed E-state index contributed by atoms with van der Waals surface area (Å²) in [4.78, 5) is 32.1. The van der Waals surface area contributed by atoms with Gasteiger partial charge in [0.05, 0.1) is 6.54 Å². The third-order valence-electron chi connectivity index (χ3n) is 3.66. The average Bonchev–Trinajstić information content (AvgIpc) is 3.04. The number of rotatable bonds is 2. The molecule has 9 heteroatoms. The number of piperazine rings is 1. The summed E-state index contributed by atoms with van der Waals surface area (Å²) >= 11 is 1.27. The Morgan fingerprint density at radius 2 is 2.24 bits per heavy atom. The maximum absolute atomic E-state index is 12.5. The molecule has 8 nitrogen and oxygen atoms in total. The third kappa shape index (κ3) is 2.79. The first-order valence-electron chi connectivity index (χ1n) is 6.87. The molecule has 0 radical (unpaired) electrons. The fourth-order valence-corrected chi connectivity index (χ4v) is 3.51. The topological polar surface area (TPSA) is 118 Å². The molecule has 3 rings (SSSR count). The van der Waals surface area contributed by atoms with Crippen LogP contribution in [0.15, 0.2) is 0 Å². The van der Waals surface area contributed by atoms with Crippen LogP contribution in [0.5, 0.6) is 0 Å². The number of anilines is 2. The minimum atomic E-state index is -0.227. The second-order valence-electron chi connectivity index (χ2n) is 5.28. The molecule has 1 aromatic rings. The van der Waals surface area contributed by atoms with Gasteiger partial charge in [0.15, 0.2) is 5.13 Å². The maximum atomic E-state index is 12.5. The number of carbonyl (C=O) groups excluding carboxylic acids is 2. The lowest BCUT2D eigenvalue weighted by Crippen LogP contribution is -2.49. The van der Waals surface area contributed by atoms with Crippen molar-refractivity contribution in [2.45, 2.75) is 12.5 Å². The zero-order valence-corrected chi connectivity index (χ0v) is 12.4. The molecule has 2 aliphatic heterocycles. The Morgan fingerprint density at radius 1 is 1.43 bits per heavy atom. The van der Waals surface area contributed by atoms with E-state index < -0.39 is 0 Å². The molecule has 2 saturated heterocycles. The van der Waals surface area contributed by atoms with Crippen LogP contribution >= 0.6 is 11.3 Å². The standard InChI is InChI=1S/C12H18N6O2S/c13-7-1-3-18(5-7)12-16-10(14)9(21-12)11(20)17-4-2-15-8(19)6-17/h7H,1-6,13-14H2,(H,15,19). The summed E-state index contributed by atoms with van der Waals surface area (Å²) in [5, 5.41) is 3.42. The van der Waals surface area contributed by atoms with Crippen LogP contribution in [0, 0.1) is 0 Å². The molecular weight excluding hydrogens is 292 g/mol. The number of amides is 2. The minimum Gasteiger partial charge on any atom is -0.382 e. The highest BCUT2D eigenvalue weighted by molar-refractivity contribution is 7.18. The smallest absolute Gasteiger partial charge is 0.268 e. The molecule has 2 fully saturated rings. The Labute approximate surface area is 126 Å². The highest BCUT2D eigenvalue weighted by Crippen LogP contribution is 2.31. The number of aromatic nitrogens is 1. The zero-order chi connectivity index (χ0) is 15.0. The summed E-state index contributed by atoms with van der Waals surface area (Å²) in [5.74, 6) is -0.149. The lowest BCUT2D eigenvalue weighted by Gasteiger charge is -2.26. The predicted molar refractivity (Wildman–Crippen MR) is 80.2 cm³/mol. The van der Waals surface area contributed by atoms with Gasteiger partial charge in [0.25, 0.3) is 5.91 Å². The third-order valence-corrected chi connectivity index (χ3v) is 4.78. The van der Waals surface area contributed by atoms with E-state index in [1.807, 2.05) is 4.90 Å². The normalized spacial score (nSPS) is 22.5. The Hall–Kier alpha value is -1.87. The molecule has 2 amide bonds. The quantitative estimate of drug-likeness (QED) is 0.634. The van der Waals surface area contributed by atoms with Crippen LogP contribution in [0.1, 0.15) is 16.1 Å². The number of thiazole rings is 1. The van der Waals surface area contributed by atoms with Gasteiger partial charge in [-0.3, -0.25) is 9.59 Å². The second-order valence-corrected chi connectivity index (χ2v) is 6.26. The van der Waals surface area contributed by atoms with Gasteiger partial charge in [0, 0.05) is 32.2 Å². The van der Waals surface area contributed by atoms with Crippen molar-refractivity contribution < 1.29 is 9.59 Å². The van der Waals surface area contributed by atoms with Crippen LogP contribution in [0.4, 0.5) is 10.9 Å². The van der Waals surface area contributed by atoms with Crippen molar-refractivity contribution in [2.24, 2.45) is 5.73 Å². The number of carbonyl (C=O) groups is 2. The van der Waals surface area contributed by atoms with Gasteiger partial charge in [-0.1, -0.05) is 11.3 Å². The van der Waals surface area contributed by atoms with E-state index in [1.165, 1.54) is 16.2 Å². The summed E-state index contributed by atoms with van der Waals surface area (Å²) in [7, 11) is 0. The molecule has 2 aliphatic rings. The van der Waals surface area contributed by atoms with E-state index in [2.05, 4.69) is 10.3 Å². The van der Waals surface area contributed by atoms with E-state index in [0.717, 1.165) is 24.6 Å². The molecule has 1 unspecified atom stereocenters. The highest BCUT2D eigenvalue weighted by atomic mass is 32.1. The van der Waals surface area contributed by atoms with Crippen molar-refractivity contribution >= 4 is 34.1 Å². The van der Waals surface area contributed by atoms with E-state index in [0.29, 0.717) is 18.0 Å². The molecule has 0 aliphatic carbocycles. The fourth-order valence-electron chi connectivity index (χ4n) is 2.53. The zero-order valence-electron chi connectivity index (χ0n) is 11.5. The first kappa shape index (κ1) is 14.1. The van der Waals surface area contributed by atoms with Gasteiger partial charge in [-0.2, -0.15) is 0 Å². The number of nitrogens with zero attached hydrogens (tertiary/aromatic N) is 3. The predicted octanol–water partition coefficient (Wildman–Crippen LogP) is -1.17. The Balaban J connectivity index is 1.77. The van der Waals surface area contributed by atoms with Gasteiger partial charge < -0.3 is 26.6 Å². The van der Waals surface area contributed by atoms with E-state index >= 15 is 0 Å². The molecule has 1 atom stereocenters. The van der Waals surface area contributed by atoms with E-state index in [1.54, 1.807) is 0 Å². The van der Waals surface area contributed by atoms with Crippen LogP contribution in [-0.4, -0.2) is 60.5 Å². The molecule has 5 N–H and O–H groups in total. The van der Waals surface area contributed by atoms with Gasteiger partial charge in [0.2, 0.25) is 5.91 Å². The summed E-state index contributed by atoms with van der Waals surface area (Å²) in [6, 6.07) is 0.139. The number of nitrogen functional groups attached to an aromatic ring is 1. The molecule has 0 bridgehead atoms. The molecule has 114 valence electrons. The molecule has 0 saturated carbocycles. The number of hydrogen-bond donors (Lipinski definition) is 3.